The summed E-state index contributed by atoms with van der Waals surface area (Å²) in [6.45, 7) is 1.44. The van der Waals surface area contributed by atoms with Crippen LogP contribution in [0.4, 0.5) is 28.9 Å². The normalized spacial score (nSPS) is 14.4. The summed E-state index contributed by atoms with van der Waals surface area (Å²) in [6, 6.07) is 8.77. The lowest BCUT2D eigenvalue weighted by molar-refractivity contribution is -0.137. The number of carbonyl (C=O) groups is 1. The Kier molecular flexibility index (Phi) is 6.04. The Morgan fingerprint density at radius 3 is 2.62 bits per heavy atom. The summed E-state index contributed by atoms with van der Waals surface area (Å²) in [6.07, 6.45) is -4.56. The first-order chi connectivity index (χ1) is 15.3. The van der Waals surface area contributed by atoms with Crippen LogP contribution in [0.2, 0.25) is 0 Å². The number of nitrogens with one attached hydrogen (secondary N) is 1. The van der Waals surface area contributed by atoms with Gasteiger partial charge in [-0.3, -0.25) is 4.79 Å². The fraction of sp³-hybridized carbons (Fsp3) is 0.300. The van der Waals surface area contributed by atoms with Gasteiger partial charge in [0.05, 0.1) is 30.2 Å². The van der Waals surface area contributed by atoms with E-state index in [1.54, 1.807) is 6.07 Å². The topological polar surface area (TPSA) is 85.2 Å². The Morgan fingerprint density at radius 1 is 1.12 bits per heavy atom. The van der Waals surface area contributed by atoms with Crippen LogP contribution in [-0.4, -0.2) is 52.4 Å². The SMILES string of the molecule is O=C(Cn1nnc(-c2cccc(F)c2)n1)Nc1cc(C(F)(F)F)ccc1N1CCOCC1. The lowest BCUT2D eigenvalue weighted by Crippen LogP contribution is -2.37. The van der Waals surface area contributed by atoms with E-state index in [2.05, 4.69) is 20.7 Å². The first-order valence-electron chi connectivity index (χ1n) is 9.67. The quantitative estimate of drug-likeness (QED) is 0.602. The second-order valence-electron chi connectivity index (χ2n) is 7.03. The largest absolute Gasteiger partial charge is 0.416 e. The van der Waals surface area contributed by atoms with Crippen molar-refractivity contribution in [3.8, 4) is 11.4 Å². The molecule has 1 saturated heterocycles. The highest BCUT2D eigenvalue weighted by molar-refractivity contribution is 5.94. The Balaban J connectivity index is 1.53. The van der Waals surface area contributed by atoms with Gasteiger partial charge in [0.25, 0.3) is 0 Å². The third kappa shape index (κ3) is 5.02. The summed E-state index contributed by atoms with van der Waals surface area (Å²) in [5.74, 6) is -0.996. The van der Waals surface area contributed by atoms with E-state index < -0.39 is 23.5 Å². The summed E-state index contributed by atoms with van der Waals surface area (Å²) in [5.41, 5.74) is -0.0138. The van der Waals surface area contributed by atoms with E-state index in [9.17, 15) is 22.4 Å². The number of alkyl halides is 3. The van der Waals surface area contributed by atoms with Gasteiger partial charge in [-0.2, -0.15) is 18.0 Å². The predicted octanol–water partition coefficient (Wildman–Crippen LogP) is 2.97. The van der Waals surface area contributed by atoms with Gasteiger partial charge in [0, 0.05) is 18.7 Å². The maximum Gasteiger partial charge on any atom is 0.416 e. The molecule has 12 heteroatoms. The molecule has 0 spiro atoms. The fourth-order valence-corrected chi connectivity index (χ4v) is 3.26. The second-order valence-corrected chi connectivity index (χ2v) is 7.03. The summed E-state index contributed by atoms with van der Waals surface area (Å²) >= 11 is 0. The fourth-order valence-electron chi connectivity index (χ4n) is 3.26. The van der Waals surface area contributed by atoms with Crippen molar-refractivity contribution in [2.75, 3.05) is 36.5 Å². The standard InChI is InChI=1S/C20H18F4N6O2/c21-15-3-1-2-13(10-15)19-26-28-30(27-19)12-18(31)25-16-11-14(20(22,23)24)4-5-17(16)29-6-8-32-9-7-29/h1-5,10-11H,6-9,12H2,(H,25,31). The molecule has 2 heterocycles. The third-order valence-electron chi connectivity index (χ3n) is 4.77. The van der Waals surface area contributed by atoms with Gasteiger partial charge >= 0.3 is 6.18 Å². The van der Waals surface area contributed by atoms with Crippen molar-refractivity contribution >= 4 is 17.3 Å². The van der Waals surface area contributed by atoms with Crippen LogP contribution >= 0.6 is 0 Å². The molecule has 1 fully saturated rings. The zero-order valence-corrected chi connectivity index (χ0v) is 16.6. The van der Waals surface area contributed by atoms with E-state index in [1.165, 1.54) is 24.3 Å². The van der Waals surface area contributed by atoms with Gasteiger partial charge in [-0.1, -0.05) is 12.1 Å². The molecule has 1 aromatic heterocycles. The number of anilines is 2. The number of rotatable bonds is 5. The second kappa shape index (κ2) is 8.91. The van der Waals surface area contributed by atoms with Gasteiger partial charge in [0.2, 0.25) is 11.7 Å². The van der Waals surface area contributed by atoms with E-state index in [4.69, 9.17) is 4.74 Å². The van der Waals surface area contributed by atoms with Crippen LogP contribution in [0.5, 0.6) is 0 Å². The van der Waals surface area contributed by atoms with Crippen LogP contribution < -0.4 is 10.2 Å². The third-order valence-corrected chi connectivity index (χ3v) is 4.77. The van der Waals surface area contributed by atoms with Crippen molar-refractivity contribution < 1.29 is 27.1 Å². The number of halogens is 4. The summed E-state index contributed by atoms with van der Waals surface area (Å²) < 4.78 is 58.3. The molecule has 0 saturated carbocycles. The predicted molar refractivity (Wildman–Crippen MR) is 106 cm³/mol. The van der Waals surface area contributed by atoms with Crippen molar-refractivity contribution in [2.45, 2.75) is 12.7 Å². The zero-order valence-electron chi connectivity index (χ0n) is 16.6. The average molecular weight is 450 g/mol. The molecule has 0 bridgehead atoms. The van der Waals surface area contributed by atoms with Crippen LogP contribution in [0, 0.1) is 5.82 Å². The smallest absolute Gasteiger partial charge is 0.378 e. The van der Waals surface area contributed by atoms with Crippen molar-refractivity contribution in [1.82, 2.24) is 20.2 Å². The number of tetrazole rings is 1. The maximum atomic E-state index is 13.4. The van der Waals surface area contributed by atoms with Gasteiger partial charge in [-0.25, -0.2) is 4.39 Å². The summed E-state index contributed by atoms with van der Waals surface area (Å²) in [4.78, 5) is 15.4. The van der Waals surface area contributed by atoms with Crippen molar-refractivity contribution in [2.24, 2.45) is 0 Å². The molecule has 0 atom stereocenters. The number of nitrogens with zero attached hydrogens (tertiary/aromatic N) is 5. The number of carbonyl (C=O) groups excluding carboxylic acids is 1. The molecule has 168 valence electrons. The minimum Gasteiger partial charge on any atom is -0.378 e. The lowest BCUT2D eigenvalue weighted by atomic mass is 10.1. The lowest BCUT2D eigenvalue weighted by Gasteiger charge is -2.31. The Labute approximate surface area is 179 Å². The van der Waals surface area contributed by atoms with Crippen LogP contribution in [0.1, 0.15) is 5.56 Å². The minimum absolute atomic E-state index is 0.0252. The van der Waals surface area contributed by atoms with Gasteiger partial charge < -0.3 is 15.0 Å². The molecule has 0 aliphatic carbocycles. The Hall–Kier alpha value is -3.54. The number of hydrogen-bond acceptors (Lipinski definition) is 6. The first kappa shape index (κ1) is 21.7. The van der Waals surface area contributed by atoms with Crippen LogP contribution in [0.25, 0.3) is 11.4 Å². The number of morpholine rings is 1. The Bertz CT molecular complexity index is 1110. The highest BCUT2D eigenvalue weighted by Crippen LogP contribution is 2.35. The minimum atomic E-state index is -4.56. The molecular formula is C20H18F4N6O2. The molecule has 1 N–H and O–H groups in total. The van der Waals surface area contributed by atoms with Crippen molar-refractivity contribution in [1.29, 1.82) is 0 Å². The summed E-state index contributed by atoms with van der Waals surface area (Å²) in [5, 5.41) is 14.1. The number of ether oxygens (including phenoxy) is 1. The summed E-state index contributed by atoms with van der Waals surface area (Å²) in [7, 11) is 0. The molecule has 2 aromatic carbocycles. The Morgan fingerprint density at radius 2 is 1.91 bits per heavy atom. The van der Waals surface area contributed by atoms with E-state index >= 15 is 0 Å². The first-order valence-corrected chi connectivity index (χ1v) is 9.67. The molecule has 32 heavy (non-hydrogen) atoms. The van der Waals surface area contributed by atoms with Crippen LogP contribution in [0.15, 0.2) is 42.5 Å². The van der Waals surface area contributed by atoms with Gasteiger partial charge in [0.15, 0.2) is 0 Å². The number of benzene rings is 2. The number of aromatic nitrogens is 4. The van der Waals surface area contributed by atoms with Gasteiger partial charge in [-0.05, 0) is 35.5 Å². The zero-order chi connectivity index (χ0) is 22.7. The molecule has 3 aromatic rings. The van der Waals surface area contributed by atoms with E-state index in [1.807, 2.05) is 4.90 Å². The monoisotopic (exact) mass is 450 g/mol. The van der Waals surface area contributed by atoms with Crippen LogP contribution in [-0.2, 0) is 22.3 Å². The van der Waals surface area contributed by atoms with Gasteiger partial charge in [0.1, 0.15) is 12.4 Å². The molecule has 0 radical (unpaired) electrons. The average Bonchev–Trinajstić information content (AvgIpc) is 3.22. The van der Waals surface area contributed by atoms with E-state index in [0.717, 1.165) is 16.9 Å². The molecule has 4 rings (SSSR count). The molecule has 1 aliphatic heterocycles. The maximum absolute atomic E-state index is 13.4. The molecule has 0 unspecified atom stereocenters. The molecular weight excluding hydrogens is 432 g/mol. The van der Waals surface area contributed by atoms with E-state index in [0.29, 0.717) is 37.6 Å². The highest BCUT2D eigenvalue weighted by Gasteiger charge is 2.32. The molecule has 1 amide bonds. The van der Waals surface area contributed by atoms with E-state index in [-0.39, 0.29) is 18.1 Å². The van der Waals surface area contributed by atoms with Crippen molar-refractivity contribution in [3.05, 3.63) is 53.8 Å². The van der Waals surface area contributed by atoms with Crippen molar-refractivity contribution in [3.63, 3.8) is 0 Å². The molecule has 1 aliphatic rings. The highest BCUT2D eigenvalue weighted by atomic mass is 19.4. The van der Waals surface area contributed by atoms with Gasteiger partial charge in [-0.15, -0.1) is 10.2 Å². The molecule has 8 nitrogen and oxygen atoms in total. The number of amides is 1. The number of hydrogen-bond donors (Lipinski definition) is 1. The van der Waals surface area contributed by atoms with Crippen LogP contribution in [0.3, 0.4) is 0 Å².